The number of nitrogens with zero attached hydrogens (tertiary/aromatic N) is 3. The molecule has 0 radical (unpaired) electrons. The number of hydrogen-bond donors (Lipinski definition) is 2. The highest BCUT2D eigenvalue weighted by Gasteiger charge is 2.09. The molecule has 20 heavy (non-hydrogen) atoms. The first-order valence-electron chi connectivity index (χ1n) is 6.46. The standard InChI is InChI=1S/C15H19N5/c16-9-13(17)10-20(11-14-5-1-3-7-18-14)12-15-6-2-4-8-19-15/h1-9H,10-12,16-17H2/b13-9-. The molecule has 4 N–H and O–H groups in total. The van der Waals surface area contributed by atoms with Gasteiger partial charge in [-0.05, 0) is 24.3 Å². The van der Waals surface area contributed by atoms with E-state index in [1.807, 2.05) is 36.4 Å². The van der Waals surface area contributed by atoms with Gasteiger partial charge in [-0.1, -0.05) is 12.1 Å². The lowest BCUT2D eigenvalue weighted by atomic mass is 10.2. The first-order chi connectivity index (χ1) is 9.78. The van der Waals surface area contributed by atoms with Crippen LogP contribution in [-0.2, 0) is 13.1 Å². The van der Waals surface area contributed by atoms with Crippen molar-refractivity contribution >= 4 is 0 Å². The minimum absolute atomic E-state index is 0.587. The molecule has 2 rings (SSSR count). The van der Waals surface area contributed by atoms with Gasteiger partial charge in [-0.25, -0.2) is 0 Å². The number of nitrogens with two attached hydrogens (primary N) is 2. The molecule has 2 aromatic heterocycles. The summed E-state index contributed by atoms with van der Waals surface area (Å²) in [5.74, 6) is 0. The quantitative estimate of drug-likeness (QED) is 0.824. The van der Waals surface area contributed by atoms with Gasteiger partial charge in [0, 0.05) is 43.9 Å². The van der Waals surface area contributed by atoms with Crippen LogP contribution in [0.2, 0.25) is 0 Å². The molecule has 5 heteroatoms. The maximum atomic E-state index is 5.83. The maximum absolute atomic E-state index is 5.83. The van der Waals surface area contributed by atoms with Crippen LogP contribution < -0.4 is 11.5 Å². The summed E-state index contributed by atoms with van der Waals surface area (Å²) in [7, 11) is 0. The van der Waals surface area contributed by atoms with Crippen LogP contribution in [0.5, 0.6) is 0 Å². The maximum Gasteiger partial charge on any atom is 0.0544 e. The first-order valence-corrected chi connectivity index (χ1v) is 6.46. The molecule has 104 valence electrons. The van der Waals surface area contributed by atoms with Gasteiger partial charge in [-0.15, -0.1) is 0 Å². The van der Waals surface area contributed by atoms with E-state index in [1.165, 1.54) is 6.20 Å². The van der Waals surface area contributed by atoms with Crippen LogP contribution in [0.1, 0.15) is 11.4 Å². The van der Waals surface area contributed by atoms with Crippen molar-refractivity contribution in [2.45, 2.75) is 13.1 Å². The number of pyridine rings is 2. The van der Waals surface area contributed by atoms with Crippen molar-refractivity contribution in [3.8, 4) is 0 Å². The molecule has 0 aromatic carbocycles. The molecule has 0 spiro atoms. The molecule has 0 bridgehead atoms. The summed E-state index contributed by atoms with van der Waals surface area (Å²) in [5, 5.41) is 0. The third-order valence-corrected chi connectivity index (χ3v) is 2.84. The molecule has 0 saturated carbocycles. The largest absolute Gasteiger partial charge is 0.403 e. The second kappa shape index (κ2) is 7.25. The molecule has 0 unspecified atom stereocenters. The van der Waals surface area contributed by atoms with Gasteiger partial charge < -0.3 is 11.5 Å². The van der Waals surface area contributed by atoms with Crippen molar-refractivity contribution < 1.29 is 0 Å². The van der Waals surface area contributed by atoms with Crippen molar-refractivity contribution in [3.63, 3.8) is 0 Å². The lowest BCUT2D eigenvalue weighted by Crippen LogP contribution is -2.28. The van der Waals surface area contributed by atoms with Gasteiger partial charge >= 0.3 is 0 Å². The van der Waals surface area contributed by atoms with Crippen LogP contribution in [-0.4, -0.2) is 21.4 Å². The normalized spacial score (nSPS) is 11.8. The van der Waals surface area contributed by atoms with Gasteiger partial charge in [-0.3, -0.25) is 14.9 Å². The zero-order valence-corrected chi connectivity index (χ0v) is 11.3. The molecule has 2 aromatic rings. The molecule has 5 nitrogen and oxygen atoms in total. The summed E-state index contributed by atoms with van der Waals surface area (Å²) in [6.07, 6.45) is 5.01. The predicted octanol–water partition coefficient (Wildman–Crippen LogP) is 1.24. The third kappa shape index (κ3) is 4.37. The molecular formula is C15H19N5. The van der Waals surface area contributed by atoms with Crippen LogP contribution in [0.3, 0.4) is 0 Å². The fraction of sp³-hybridized carbons (Fsp3) is 0.200. The van der Waals surface area contributed by atoms with Crippen molar-refractivity contribution in [1.82, 2.24) is 14.9 Å². The average Bonchev–Trinajstić information content (AvgIpc) is 2.49. The van der Waals surface area contributed by atoms with E-state index in [9.17, 15) is 0 Å². The fourth-order valence-electron chi connectivity index (χ4n) is 1.92. The van der Waals surface area contributed by atoms with Gasteiger partial charge in [0.2, 0.25) is 0 Å². The molecule has 0 atom stereocenters. The van der Waals surface area contributed by atoms with Gasteiger partial charge in [0.25, 0.3) is 0 Å². The molecule has 0 fully saturated rings. The SMILES string of the molecule is N/C=C(\N)CN(Cc1ccccn1)Cc1ccccn1. The van der Waals surface area contributed by atoms with Gasteiger partial charge in [-0.2, -0.15) is 0 Å². The number of aromatic nitrogens is 2. The van der Waals surface area contributed by atoms with Crippen LogP contribution >= 0.6 is 0 Å². The predicted molar refractivity (Wildman–Crippen MR) is 79.0 cm³/mol. The Hall–Kier alpha value is -2.40. The Kier molecular flexibility index (Phi) is 5.08. The van der Waals surface area contributed by atoms with Gasteiger partial charge in [0.1, 0.15) is 0 Å². The Labute approximate surface area is 119 Å². The van der Waals surface area contributed by atoms with Crippen molar-refractivity contribution in [2.75, 3.05) is 6.54 Å². The van der Waals surface area contributed by atoms with Gasteiger partial charge in [0.15, 0.2) is 0 Å². The highest BCUT2D eigenvalue weighted by atomic mass is 15.1. The van der Waals surface area contributed by atoms with Crippen molar-refractivity contribution in [3.05, 3.63) is 72.1 Å². The molecular weight excluding hydrogens is 250 g/mol. The summed E-state index contributed by atoms with van der Waals surface area (Å²) >= 11 is 0. The van der Waals surface area contributed by atoms with E-state index in [0.29, 0.717) is 25.3 Å². The number of rotatable bonds is 6. The monoisotopic (exact) mass is 269 g/mol. The Morgan fingerprint density at radius 3 is 1.95 bits per heavy atom. The molecule has 0 aliphatic rings. The summed E-state index contributed by atoms with van der Waals surface area (Å²) in [4.78, 5) is 10.8. The van der Waals surface area contributed by atoms with Gasteiger partial charge in [0.05, 0.1) is 11.4 Å². The zero-order valence-electron chi connectivity index (χ0n) is 11.3. The second-order valence-corrected chi connectivity index (χ2v) is 4.53. The minimum atomic E-state index is 0.587. The lowest BCUT2D eigenvalue weighted by molar-refractivity contribution is 0.271. The first kappa shape index (κ1) is 14.0. The topological polar surface area (TPSA) is 81.1 Å². The summed E-state index contributed by atoms with van der Waals surface area (Å²) < 4.78 is 0. The second-order valence-electron chi connectivity index (χ2n) is 4.53. The van der Waals surface area contributed by atoms with E-state index in [4.69, 9.17) is 11.5 Å². The molecule has 0 aliphatic carbocycles. The zero-order chi connectivity index (χ0) is 14.2. The van der Waals surface area contributed by atoms with E-state index in [1.54, 1.807) is 12.4 Å². The Bertz CT molecular complexity index is 497. The fourth-order valence-corrected chi connectivity index (χ4v) is 1.92. The minimum Gasteiger partial charge on any atom is -0.403 e. The molecule has 2 heterocycles. The smallest absolute Gasteiger partial charge is 0.0544 e. The summed E-state index contributed by atoms with van der Waals surface area (Å²) in [6.45, 7) is 1.99. The Morgan fingerprint density at radius 2 is 1.55 bits per heavy atom. The summed E-state index contributed by atoms with van der Waals surface area (Å²) in [6, 6.07) is 11.7. The number of hydrogen-bond acceptors (Lipinski definition) is 5. The van der Waals surface area contributed by atoms with Crippen LogP contribution in [0.4, 0.5) is 0 Å². The highest BCUT2D eigenvalue weighted by Crippen LogP contribution is 2.07. The molecule has 0 amide bonds. The van der Waals surface area contributed by atoms with Crippen LogP contribution in [0.15, 0.2) is 60.7 Å². The van der Waals surface area contributed by atoms with E-state index in [-0.39, 0.29) is 0 Å². The van der Waals surface area contributed by atoms with E-state index < -0.39 is 0 Å². The lowest BCUT2D eigenvalue weighted by Gasteiger charge is -2.21. The summed E-state index contributed by atoms with van der Waals surface area (Å²) in [5.41, 5.74) is 13.9. The average molecular weight is 269 g/mol. The van der Waals surface area contributed by atoms with Crippen molar-refractivity contribution in [2.24, 2.45) is 11.5 Å². The van der Waals surface area contributed by atoms with E-state index in [0.717, 1.165) is 11.4 Å². The van der Waals surface area contributed by atoms with E-state index >= 15 is 0 Å². The molecule has 0 aliphatic heterocycles. The van der Waals surface area contributed by atoms with E-state index in [2.05, 4.69) is 14.9 Å². The van der Waals surface area contributed by atoms with Crippen LogP contribution in [0, 0.1) is 0 Å². The third-order valence-electron chi connectivity index (χ3n) is 2.84. The van der Waals surface area contributed by atoms with Crippen LogP contribution in [0.25, 0.3) is 0 Å². The van der Waals surface area contributed by atoms with Crippen molar-refractivity contribution in [1.29, 1.82) is 0 Å². The Balaban J connectivity index is 2.08. The Morgan fingerprint density at radius 1 is 1.00 bits per heavy atom. The molecule has 0 saturated heterocycles. The highest BCUT2D eigenvalue weighted by molar-refractivity contribution is 5.08.